The van der Waals surface area contributed by atoms with Crippen molar-refractivity contribution in [3.05, 3.63) is 35.1 Å². The van der Waals surface area contributed by atoms with E-state index in [2.05, 4.69) is 11.0 Å². The zero-order valence-electron chi connectivity index (χ0n) is 22.5. The molecule has 1 fully saturated rings. The number of fused-ring (bicyclic) bond motifs is 3. The molecule has 3 heterocycles. The minimum atomic E-state index is -2.18. The lowest BCUT2D eigenvalue weighted by Crippen LogP contribution is -2.49. The van der Waals surface area contributed by atoms with Gasteiger partial charge >= 0.3 is 11.9 Å². The summed E-state index contributed by atoms with van der Waals surface area (Å²) in [6.45, 7) is 5.04. The summed E-state index contributed by atoms with van der Waals surface area (Å²) in [4.78, 5) is 28.3. The summed E-state index contributed by atoms with van der Waals surface area (Å²) in [5.74, 6) is -0.163. The number of benzene rings is 1. The second kappa shape index (κ2) is 9.73. The lowest BCUT2D eigenvalue weighted by atomic mass is 9.77. The average molecular weight is 532 g/mol. The molecule has 1 aliphatic carbocycles. The molecule has 38 heavy (non-hydrogen) atoms. The monoisotopic (exact) mass is 531 g/mol. The Labute approximate surface area is 222 Å². The maximum Gasteiger partial charge on any atom is 0.339 e. The van der Waals surface area contributed by atoms with Gasteiger partial charge in [0.25, 0.3) is 0 Å². The van der Waals surface area contributed by atoms with Gasteiger partial charge in [0.1, 0.15) is 5.76 Å². The Morgan fingerprint density at radius 1 is 1.13 bits per heavy atom. The number of methoxy groups -OCH3 is 2. The molecule has 0 bridgehead atoms. The first-order chi connectivity index (χ1) is 18.0. The van der Waals surface area contributed by atoms with E-state index in [1.165, 1.54) is 7.11 Å². The van der Waals surface area contributed by atoms with E-state index in [0.29, 0.717) is 17.3 Å². The fourth-order valence-corrected chi connectivity index (χ4v) is 6.41. The lowest BCUT2D eigenvalue weighted by molar-refractivity contribution is -0.179. The second-order valence-corrected chi connectivity index (χ2v) is 11.4. The Kier molecular flexibility index (Phi) is 6.86. The molecule has 0 saturated carbocycles. The topological polar surface area (TPSA) is 124 Å². The van der Waals surface area contributed by atoms with Crippen LogP contribution in [0.1, 0.15) is 63.0 Å². The number of aliphatic hydroxyl groups is 2. The lowest BCUT2D eigenvalue weighted by Gasteiger charge is -2.39. The van der Waals surface area contributed by atoms with Gasteiger partial charge in [0, 0.05) is 6.54 Å². The molecule has 0 radical (unpaired) electrons. The second-order valence-electron chi connectivity index (χ2n) is 11.4. The molecule has 1 aromatic carbocycles. The van der Waals surface area contributed by atoms with Crippen molar-refractivity contribution >= 4 is 11.9 Å². The fraction of sp³-hybridized carbons (Fsp3) is 0.643. The molecule has 3 aliphatic heterocycles. The summed E-state index contributed by atoms with van der Waals surface area (Å²) in [5.41, 5.74) is -1.69. The zero-order valence-corrected chi connectivity index (χ0v) is 22.5. The van der Waals surface area contributed by atoms with Crippen LogP contribution in [0.3, 0.4) is 0 Å². The predicted molar refractivity (Wildman–Crippen MR) is 135 cm³/mol. The number of ether oxygens (including phenoxy) is 5. The molecular formula is C28H37NO9. The number of carbonyl (C=O) groups is 2. The van der Waals surface area contributed by atoms with Crippen molar-refractivity contribution in [1.29, 1.82) is 0 Å². The molecule has 0 unspecified atom stereocenters. The van der Waals surface area contributed by atoms with Gasteiger partial charge in [0.05, 0.1) is 37.7 Å². The van der Waals surface area contributed by atoms with Crippen LogP contribution in [0, 0.1) is 0 Å². The van der Waals surface area contributed by atoms with Gasteiger partial charge in [-0.15, -0.1) is 0 Å². The summed E-state index contributed by atoms with van der Waals surface area (Å²) in [5, 5.41) is 21.7. The molecule has 1 aromatic rings. The van der Waals surface area contributed by atoms with Crippen LogP contribution in [-0.2, 0) is 30.2 Å². The first-order valence-corrected chi connectivity index (χ1v) is 13.2. The highest BCUT2D eigenvalue weighted by Gasteiger charge is 2.59. The Morgan fingerprint density at radius 2 is 1.87 bits per heavy atom. The molecule has 1 saturated heterocycles. The van der Waals surface area contributed by atoms with Gasteiger partial charge in [0.15, 0.2) is 23.2 Å². The molecule has 0 amide bonds. The summed E-state index contributed by atoms with van der Waals surface area (Å²) in [7, 11) is 2.74. The number of hydrogen-bond donors (Lipinski definition) is 2. The van der Waals surface area contributed by atoms with Gasteiger partial charge < -0.3 is 33.9 Å². The molecular weight excluding hydrogens is 494 g/mol. The van der Waals surface area contributed by atoms with Crippen LogP contribution >= 0.6 is 0 Å². The van der Waals surface area contributed by atoms with Gasteiger partial charge in [-0.1, -0.05) is 0 Å². The maximum atomic E-state index is 13.7. The van der Waals surface area contributed by atoms with Crippen LogP contribution in [0.25, 0.3) is 0 Å². The molecule has 208 valence electrons. The largest absolute Gasteiger partial charge is 0.497 e. The van der Waals surface area contributed by atoms with Crippen LogP contribution in [0.2, 0.25) is 0 Å². The maximum absolute atomic E-state index is 13.7. The third-order valence-corrected chi connectivity index (χ3v) is 8.39. The molecule has 10 nitrogen and oxygen atoms in total. The smallest absolute Gasteiger partial charge is 0.339 e. The van der Waals surface area contributed by atoms with Crippen molar-refractivity contribution in [1.82, 2.24) is 4.90 Å². The first kappa shape index (κ1) is 26.8. The number of rotatable bonds is 8. The summed E-state index contributed by atoms with van der Waals surface area (Å²) in [6, 6.07) is 3.99. The van der Waals surface area contributed by atoms with Crippen molar-refractivity contribution in [2.24, 2.45) is 0 Å². The van der Waals surface area contributed by atoms with Crippen molar-refractivity contribution in [3.63, 3.8) is 0 Å². The van der Waals surface area contributed by atoms with E-state index in [9.17, 15) is 19.8 Å². The number of nitrogens with zero attached hydrogens (tertiary/aromatic N) is 1. The molecule has 4 aliphatic rings. The fourth-order valence-electron chi connectivity index (χ4n) is 6.41. The number of hydrogen-bond acceptors (Lipinski definition) is 10. The number of esters is 2. The summed E-state index contributed by atoms with van der Waals surface area (Å²) < 4.78 is 28.0. The van der Waals surface area contributed by atoms with Gasteiger partial charge in [-0.3, -0.25) is 9.69 Å². The van der Waals surface area contributed by atoms with E-state index in [1.54, 1.807) is 21.0 Å². The first-order valence-electron chi connectivity index (χ1n) is 13.2. The van der Waals surface area contributed by atoms with Gasteiger partial charge in [0.2, 0.25) is 6.79 Å². The van der Waals surface area contributed by atoms with E-state index in [0.717, 1.165) is 43.5 Å². The normalized spacial score (nSPS) is 27.4. The van der Waals surface area contributed by atoms with Gasteiger partial charge in [-0.25, -0.2) is 4.79 Å². The highest BCUT2D eigenvalue weighted by atomic mass is 16.7. The van der Waals surface area contributed by atoms with Crippen LogP contribution in [0.5, 0.6) is 11.5 Å². The minimum Gasteiger partial charge on any atom is -0.497 e. The molecule has 0 aromatic heterocycles. The van der Waals surface area contributed by atoms with Crippen LogP contribution in [-0.4, -0.2) is 84.0 Å². The van der Waals surface area contributed by atoms with Crippen LogP contribution in [0.15, 0.2) is 24.0 Å². The zero-order chi connectivity index (χ0) is 27.3. The summed E-state index contributed by atoms with van der Waals surface area (Å²) >= 11 is 0. The van der Waals surface area contributed by atoms with E-state index in [-0.39, 0.29) is 25.6 Å². The van der Waals surface area contributed by atoms with Crippen molar-refractivity contribution in [2.75, 3.05) is 34.1 Å². The third kappa shape index (κ3) is 4.63. The SMILES string of the molecule is COC(=O)C[C@@](O)(CCC(C)(C)O)C(=O)O[C@@H]1C(OC)=C[C@]23CCCN2CCc2cc4c(cc2[C@H]13)OCO4. The molecule has 5 rings (SSSR count). The quantitative estimate of drug-likeness (QED) is 0.483. The van der Waals surface area contributed by atoms with Gasteiger partial charge in [-0.2, -0.15) is 0 Å². The number of carbonyl (C=O) groups excluding carboxylic acids is 2. The standard InChI is InChI=1S/C28H37NO9/c1-26(2,32)8-9-28(33,15-22(30)35-4)25(31)38-24-21(34-3)14-27-7-5-10-29(27)11-6-17-12-19-20(37-16-36-19)13-18(17)23(24)27/h12-14,23-24,32-33H,5-11,15-16H2,1-4H3/t23-,24-,27+,28+/m1/s1. The summed E-state index contributed by atoms with van der Waals surface area (Å²) in [6.07, 6.45) is 3.18. The molecule has 2 N–H and O–H groups in total. The van der Waals surface area contributed by atoms with Crippen molar-refractivity contribution < 1.29 is 43.5 Å². The Balaban J connectivity index is 1.53. The van der Waals surface area contributed by atoms with E-state index in [1.807, 2.05) is 12.1 Å². The molecule has 10 heteroatoms. The minimum absolute atomic E-state index is 0.0701. The van der Waals surface area contributed by atoms with E-state index < -0.39 is 41.2 Å². The van der Waals surface area contributed by atoms with Gasteiger partial charge in [-0.05, 0) is 81.8 Å². The highest BCUT2D eigenvalue weighted by Crippen LogP contribution is 2.55. The van der Waals surface area contributed by atoms with E-state index >= 15 is 0 Å². The average Bonchev–Trinajstić information content (AvgIpc) is 3.56. The highest BCUT2D eigenvalue weighted by molar-refractivity contribution is 5.86. The van der Waals surface area contributed by atoms with Crippen molar-refractivity contribution in [3.8, 4) is 11.5 Å². The third-order valence-electron chi connectivity index (χ3n) is 8.39. The Bertz CT molecular complexity index is 1140. The molecule has 1 spiro atoms. The molecule has 4 atom stereocenters. The predicted octanol–water partition coefficient (Wildman–Crippen LogP) is 2.19. The van der Waals surface area contributed by atoms with E-state index in [4.69, 9.17) is 23.7 Å². The Hall–Kier alpha value is -2.82. The van der Waals surface area contributed by atoms with Crippen LogP contribution in [0.4, 0.5) is 0 Å². The Morgan fingerprint density at radius 3 is 2.55 bits per heavy atom. The van der Waals surface area contributed by atoms with Crippen LogP contribution < -0.4 is 9.47 Å². The van der Waals surface area contributed by atoms with Crippen molar-refractivity contribution in [2.45, 2.75) is 81.1 Å².